The number of benzene rings is 1. The molecule has 19 heavy (non-hydrogen) atoms. The van der Waals surface area contributed by atoms with E-state index in [1.54, 1.807) is 0 Å². The molecule has 2 unspecified atom stereocenters. The Hall–Kier alpha value is -1.10. The molecule has 1 saturated heterocycles. The number of fused-ring (bicyclic) bond motifs is 1. The fourth-order valence-electron chi connectivity index (χ4n) is 3.50. The number of para-hydroxylation sites is 1. The van der Waals surface area contributed by atoms with Crippen LogP contribution in [-0.4, -0.2) is 37.1 Å². The standard InChI is InChI=1S/C15H21NO3/c16-10-14(15(17)6-3-8-18-11-15)7-9-19-13-5-2-1-4-12(13)14/h1-2,4-5,17H,3,6-11,16H2. The van der Waals surface area contributed by atoms with Crippen molar-refractivity contribution in [3.05, 3.63) is 29.8 Å². The van der Waals surface area contributed by atoms with Crippen molar-refractivity contribution < 1.29 is 14.6 Å². The summed E-state index contributed by atoms with van der Waals surface area (Å²) in [6.07, 6.45) is 2.35. The molecule has 0 aliphatic carbocycles. The largest absolute Gasteiger partial charge is 0.493 e. The number of hydrogen-bond donors (Lipinski definition) is 2. The van der Waals surface area contributed by atoms with E-state index in [4.69, 9.17) is 15.2 Å². The van der Waals surface area contributed by atoms with Crippen LogP contribution >= 0.6 is 0 Å². The lowest BCUT2D eigenvalue weighted by molar-refractivity contribution is -0.138. The van der Waals surface area contributed by atoms with Crippen molar-refractivity contribution in [3.63, 3.8) is 0 Å². The molecule has 4 heteroatoms. The first kappa shape index (κ1) is 12.9. The molecule has 0 saturated carbocycles. The Labute approximate surface area is 113 Å². The molecule has 2 atom stereocenters. The molecule has 0 amide bonds. The fraction of sp³-hybridized carbons (Fsp3) is 0.600. The molecule has 2 aliphatic heterocycles. The summed E-state index contributed by atoms with van der Waals surface area (Å²) in [5.41, 5.74) is 5.78. The average molecular weight is 263 g/mol. The van der Waals surface area contributed by atoms with E-state index in [-0.39, 0.29) is 0 Å². The topological polar surface area (TPSA) is 64.7 Å². The van der Waals surface area contributed by atoms with Gasteiger partial charge < -0.3 is 20.3 Å². The normalized spacial score (nSPS) is 34.4. The first-order valence-electron chi connectivity index (χ1n) is 6.94. The molecule has 3 rings (SSSR count). The van der Waals surface area contributed by atoms with Crippen molar-refractivity contribution in [2.45, 2.75) is 30.3 Å². The SMILES string of the molecule is NCC1(C2(O)CCCOC2)CCOc2ccccc21. The van der Waals surface area contributed by atoms with Gasteiger partial charge in [-0.2, -0.15) is 0 Å². The first-order valence-corrected chi connectivity index (χ1v) is 6.94. The monoisotopic (exact) mass is 263 g/mol. The lowest BCUT2D eigenvalue weighted by Crippen LogP contribution is -2.61. The molecular formula is C15H21NO3. The van der Waals surface area contributed by atoms with E-state index in [9.17, 15) is 5.11 Å². The number of ether oxygens (including phenoxy) is 2. The molecule has 0 bridgehead atoms. The zero-order chi connectivity index (χ0) is 13.3. The second kappa shape index (κ2) is 4.78. The maximum absolute atomic E-state index is 11.1. The van der Waals surface area contributed by atoms with E-state index in [2.05, 4.69) is 0 Å². The van der Waals surface area contributed by atoms with Crippen LogP contribution in [-0.2, 0) is 10.2 Å². The number of rotatable bonds is 2. The summed E-state index contributed by atoms with van der Waals surface area (Å²) in [4.78, 5) is 0. The van der Waals surface area contributed by atoms with E-state index in [0.29, 0.717) is 19.8 Å². The molecule has 104 valence electrons. The van der Waals surface area contributed by atoms with E-state index in [1.807, 2.05) is 24.3 Å². The van der Waals surface area contributed by atoms with Crippen molar-refractivity contribution in [1.29, 1.82) is 0 Å². The second-order valence-electron chi connectivity index (χ2n) is 5.57. The molecule has 2 heterocycles. The van der Waals surface area contributed by atoms with Crippen LogP contribution in [0.15, 0.2) is 24.3 Å². The maximum Gasteiger partial charge on any atom is 0.123 e. The van der Waals surface area contributed by atoms with Crippen LogP contribution < -0.4 is 10.5 Å². The minimum Gasteiger partial charge on any atom is -0.493 e. The van der Waals surface area contributed by atoms with Crippen molar-refractivity contribution in [3.8, 4) is 5.75 Å². The van der Waals surface area contributed by atoms with Gasteiger partial charge in [-0.1, -0.05) is 18.2 Å². The van der Waals surface area contributed by atoms with Crippen molar-refractivity contribution in [1.82, 2.24) is 0 Å². The highest BCUT2D eigenvalue weighted by Gasteiger charge is 2.53. The van der Waals surface area contributed by atoms with Crippen LogP contribution in [0.25, 0.3) is 0 Å². The van der Waals surface area contributed by atoms with Gasteiger partial charge in [0, 0.05) is 24.1 Å². The summed E-state index contributed by atoms with van der Waals surface area (Å²) in [7, 11) is 0. The first-order chi connectivity index (χ1) is 9.22. The van der Waals surface area contributed by atoms with Crippen molar-refractivity contribution in [2.75, 3.05) is 26.4 Å². The molecule has 4 nitrogen and oxygen atoms in total. The predicted octanol–water partition coefficient (Wildman–Crippen LogP) is 1.21. The van der Waals surface area contributed by atoms with E-state index in [1.165, 1.54) is 0 Å². The molecule has 3 N–H and O–H groups in total. The molecule has 0 aromatic heterocycles. The third kappa shape index (κ3) is 1.86. The Morgan fingerprint density at radius 1 is 1.21 bits per heavy atom. The Kier molecular flexibility index (Phi) is 3.25. The predicted molar refractivity (Wildman–Crippen MR) is 72.3 cm³/mol. The van der Waals surface area contributed by atoms with Gasteiger partial charge in [0.05, 0.1) is 18.8 Å². The number of hydrogen-bond acceptors (Lipinski definition) is 4. The zero-order valence-electron chi connectivity index (χ0n) is 11.1. The summed E-state index contributed by atoms with van der Waals surface area (Å²) >= 11 is 0. The summed E-state index contributed by atoms with van der Waals surface area (Å²) in [5.74, 6) is 0.846. The van der Waals surface area contributed by atoms with Gasteiger partial charge in [-0.3, -0.25) is 0 Å². The number of nitrogens with two attached hydrogens (primary N) is 1. The van der Waals surface area contributed by atoms with Crippen LogP contribution in [0.5, 0.6) is 5.75 Å². The number of aliphatic hydroxyl groups is 1. The second-order valence-corrected chi connectivity index (χ2v) is 5.57. The summed E-state index contributed by atoms with van der Waals surface area (Å²) in [6.45, 7) is 2.09. The van der Waals surface area contributed by atoms with Gasteiger partial charge in [-0.05, 0) is 25.3 Å². The average Bonchev–Trinajstić information content (AvgIpc) is 2.47. The summed E-state index contributed by atoms with van der Waals surface area (Å²) in [5, 5.41) is 11.1. The molecule has 2 aliphatic rings. The highest BCUT2D eigenvalue weighted by Crippen LogP contribution is 2.48. The molecule has 1 aromatic rings. The fourth-order valence-corrected chi connectivity index (χ4v) is 3.50. The lowest BCUT2D eigenvalue weighted by Gasteiger charge is -2.51. The van der Waals surface area contributed by atoms with E-state index < -0.39 is 11.0 Å². The molecule has 1 fully saturated rings. The van der Waals surface area contributed by atoms with Gasteiger partial charge >= 0.3 is 0 Å². The third-order valence-corrected chi connectivity index (χ3v) is 4.65. The quantitative estimate of drug-likeness (QED) is 0.841. The van der Waals surface area contributed by atoms with E-state index >= 15 is 0 Å². The maximum atomic E-state index is 11.1. The van der Waals surface area contributed by atoms with Gasteiger partial charge in [0.15, 0.2) is 0 Å². The minimum atomic E-state index is -0.889. The Bertz CT molecular complexity index is 456. The molecular weight excluding hydrogens is 242 g/mol. The third-order valence-electron chi connectivity index (χ3n) is 4.65. The van der Waals surface area contributed by atoms with Crippen LogP contribution in [0.3, 0.4) is 0 Å². The Morgan fingerprint density at radius 2 is 2.05 bits per heavy atom. The van der Waals surface area contributed by atoms with Gasteiger partial charge in [-0.15, -0.1) is 0 Å². The smallest absolute Gasteiger partial charge is 0.123 e. The molecule has 1 aromatic carbocycles. The van der Waals surface area contributed by atoms with Crippen LogP contribution in [0, 0.1) is 0 Å². The summed E-state index contributed by atoms with van der Waals surface area (Å²) < 4.78 is 11.2. The van der Waals surface area contributed by atoms with Gasteiger partial charge in [0.1, 0.15) is 5.75 Å². The van der Waals surface area contributed by atoms with Crippen molar-refractivity contribution in [2.24, 2.45) is 5.73 Å². The van der Waals surface area contributed by atoms with Crippen LogP contribution in [0.4, 0.5) is 0 Å². The van der Waals surface area contributed by atoms with Crippen molar-refractivity contribution >= 4 is 0 Å². The minimum absolute atomic E-state index is 0.360. The zero-order valence-corrected chi connectivity index (χ0v) is 11.1. The van der Waals surface area contributed by atoms with Crippen LogP contribution in [0.1, 0.15) is 24.8 Å². The lowest BCUT2D eigenvalue weighted by atomic mass is 9.62. The van der Waals surface area contributed by atoms with E-state index in [0.717, 1.165) is 37.2 Å². The van der Waals surface area contributed by atoms with Gasteiger partial charge in [0.2, 0.25) is 0 Å². The molecule has 0 spiro atoms. The Balaban J connectivity index is 2.09. The highest BCUT2D eigenvalue weighted by atomic mass is 16.5. The summed E-state index contributed by atoms with van der Waals surface area (Å²) in [6, 6.07) is 7.90. The molecule has 0 radical (unpaired) electrons. The van der Waals surface area contributed by atoms with Gasteiger partial charge in [0.25, 0.3) is 0 Å². The van der Waals surface area contributed by atoms with Gasteiger partial charge in [-0.25, -0.2) is 0 Å². The highest BCUT2D eigenvalue weighted by molar-refractivity contribution is 5.44. The van der Waals surface area contributed by atoms with Crippen LogP contribution in [0.2, 0.25) is 0 Å². The Morgan fingerprint density at radius 3 is 2.79 bits per heavy atom.